The predicted octanol–water partition coefficient (Wildman–Crippen LogP) is 1.88. The fourth-order valence-electron chi connectivity index (χ4n) is 2.11. The van der Waals surface area contributed by atoms with E-state index in [1.807, 2.05) is 0 Å². The largest absolute Gasteiger partial charge is 0.379 e. The Hall–Kier alpha value is -0.120. The van der Waals surface area contributed by atoms with E-state index < -0.39 is 0 Å². The molecule has 1 fully saturated rings. The number of hydrogen-bond donors (Lipinski definition) is 1. The highest BCUT2D eigenvalue weighted by atomic mass is 16.5. The van der Waals surface area contributed by atoms with E-state index in [0.717, 1.165) is 32.8 Å². The van der Waals surface area contributed by atoms with Crippen molar-refractivity contribution in [3.05, 3.63) is 0 Å². The summed E-state index contributed by atoms with van der Waals surface area (Å²) in [6.45, 7) is 14.0. The number of ether oxygens (including phenoxy) is 1. The van der Waals surface area contributed by atoms with E-state index >= 15 is 0 Å². The van der Waals surface area contributed by atoms with Crippen LogP contribution < -0.4 is 5.32 Å². The summed E-state index contributed by atoms with van der Waals surface area (Å²) >= 11 is 0. The summed E-state index contributed by atoms with van der Waals surface area (Å²) in [5.74, 6) is 0. The molecule has 1 unspecified atom stereocenters. The van der Waals surface area contributed by atoms with E-state index in [1.54, 1.807) is 0 Å². The molecule has 0 spiro atoms. The fourth-order valence-corrected chi connectivity index (χ4v) is 2.11. The van der Waals surface area contributed by atoms with Gasteiger partial charge in [-0.15, -0.1) is 0 Å². The van der Waals surface area contributed by atoms with Crippen LogP contribution >= 0.6 is 0 Å². The Balaban J connectivity index is 2.39. The van der Waals surface area contributed by atoms with Gasteiger partial charge in [0.15, 0.2) is 0 Å². The van der Waals surface area contributed by atoms with Gasteiger partial charge in [0.25, 0.3) is 0 Å². The van der Waals surface area contributed by atoms with Crippen LogP contribution in [0.2, 0.25) is 0 Å². The molecule has 3 heteroatoms. The first-order valence-electron chi connectivity index (χ1n) is 6.60. The van der Waals surface area contributed by atoms with Crippen molar-refractivity contribution in [2.75, 3.05) is 32.8 Å². The van der Waals surface area contributed by atoms with Gasteiger partial charge in [0.1, 0.15) is 0 Å². The average molecular weight is 228 g/mol. The second-order valence-corrected chi connectivity index (χ2v) is 5.72. The first-order chi connectivity index (χ1) is 7.53. The van der Waals surface area contributed by atoms with Gasteiger partial charge in [-0.1, -0.05) is 13.3 Å². The maximum Gasteiger partial charge on any atom is 0.0594 e. The Bertz CT molecular complexity index is 183. The van der Waals surface area contributed by atoms with Gasteiger partial charge in [0, 0.05) is 31.2 Å². The molecular formula is C13H28N2O. The highest BCUT2D eigenvalue weighted by molar-refractivity contribution is 4.80. The van der Waals surface area contributed by atoms with Gasteiger partial charge < -0.3 is 10.1 Å². The molecule has 0 radical (unpaired) electrons. The normalized spacial score (nSPS) is 21.0. The Morgan fingerprint density at radius 3 is 2.38 bits per heavy atom. The number of rotatable bonds is 5. The van der Waals surface area contributed by atoms with Crippen LogP contribution in [-0.2, 0) is 4.74 Å². The van der Waals surface area contributed by atoms with Crippen molar-refractivity contribution < 1.29 is 4.74 Å². The van der Waals surface area contributed by atoms with Crippen LogP contribution in [0.5, 0.6) is 0 Å². The zero-order valence-electron chi connectivity index (χ0n) is 11.4. The molecule has 0 amide bonds. The Morgan fingerprint density at radius 2 is 1.88 bits per heavy atom. The van der Waals surface area contributed by atoms with Crippen LogP contribution in [0.15, 0.2) is 0 Å². The lowest BCUT2D eigenvalue weighted by Crippen LogP contribution is -2.50. The van der Waals surface area contributed by atoms with Crippen LogP contribution in [0.4, 0.5) is 0 Å². The molecule has 1 aliphatic heterocycles. The summed E-state index contributed by atoms with van der Waals surface area (Å²) in [6, 6.07) is 0.674. The van der Waals surface area contributed by atoms with Crippen molar-refractivity contribution in [3.8, 4) is 0 Å². The van der Waals surface area contributed by atoms with E-state index in [4.69, 9.17) is 4.74 Å². The van der Waals surface area contributed by atoms with Gasteiger partial charge in [-0.05, 0) is 27.2 Å². The lowest BCUT2D eigenvalue weighted by Gasteiger charge is -2.36. The van der Waals surface area contributed by atoms with Crippen LogP contribution in [0.3, 0.4) is 0 Å². The molecule has 3 nitrogen and oxygen atoms in total. The minimum absolute atomic E-state index is 0.221. The zero-order chi connectivity index (χ0) is 12.0. The predicted molar refractivity (Wildman–Crippen MR) is 68.8 cm³/mol. The Labute approximate surface area is 101 Å². The molecule has 1 heterocycles. The van der Waals surface area contributed by atoms with Crippen LogP contribution in [-0.4, -0.2) is 49.3 Å². The molecule has 1 aliphatic rings. The molecule has 1 atom stereocenters. The highest BCUT2D eigenvalue weighted by Crippen LogP contribution is 2.10. The van der Waals surface area contributed by atoms with Crippen LogP contribution in [0.25, 0.3) is 0 Å². The maximum atomic E-state index is 5.41. The number of hydrogen-bond acceptors (Lipinski definition) is 3. The zero-order valence-corrected chi connectivity index (χ0v) is 11.4. The average Bonchev–Trinajstić information content (AvgIpc) is 2.24. The summed E-state index contributed by atoms with van der Waals surface area (Å²) in [5, 5.41) is 3.62. The lowest BCUT2D eigenvalue weighted by atomic mass is 10.1. The summed E-state index contributed by atoms with van der Waals surface area (Å²) in [6.07, 6.45) is 2.54. The molecular weight excluding hydrogens is 200 g/mol. The molecule has 1 N–H and O–H groups in total. The quantitative estimate of drug-likeness (QED) is 0.777. The van der Waals surface area contributed by atoms with E-state index in [2.05, 4.69) is 37.9 Å². The molecule has 0 aliphatic carbocycles. The van der Waals surface area contributed by atoms with E-state index in [0.29, 0.717) is 6.04 Å². The second kappa shape index (κ2) is 6.58. The highest BCUT2D eigenvalue weighted by Gasteiger charge is 2.21. The number of morpholine rings is 1. The van der Waals surface area contributed by atoms with Gasteiger partial charge in [0.2, 0.25) is 0 Å². The summed E-state index contributed by atoms with van der Waals surface area (Å²) in [4.78, 5) is 2.58. The van der Waals surface area contributed by atoms with Crippen molar-refractivity contribution in [2.24, 2.45) is 0 Å². The van der Waals surface area contributed by atoms with E-state index in [-0.39, 0.29) is 5.54 Å². The molecule has 1 saturated heterocycles. The summed E-state index contributed by atoms with van der Waals surface area (Å²) < 4.78 is 5.41. The first kappa shape index (κ1) is 13.9. The topological polar surface area (TPSA) is 24.5 Å². The fraction of sp³-hybridized carbons (Fsp3) is 1.00. The van der Waals surface area contributed by atoms with Crippen molar-refractivity contribution in [3.63, 3.8) is 0 Å². The molecule has 0 aromatic heterocycles. The van der Waals surface area contributed by atoms with Crippen molar-refractivity contribution in [1.29, 1.82) is 0 Å². The van der Waals surface area contributed by atoms with Crippen LogP contribution in [0, 0.1) is 0 Å². The van der Waals surface area contributed by atoms with Gasteiger partial charge >= 0.3 is 0 Å². The monoisotopic (exact) mass is 228 g/mol. The minimum Gasteiger partial charge on any atom is -0.379 e. The smallest absolute Gasteiger partial charge is 0.0594 e. The van der Waals surface area contributed by atoms with Crippen molar-refractivity contribution in [1.82, 2.24) is 10.2 Å². The van der Waals surface area contributed by atoms with Gasteiger partial charge in [-0.3, -0.25) is 4.90 Å². The number of nitrogens with zero attached hydrogens (tertiary/aromatic N) is 1. The van der Waals surface area contributed by atoms with Gasteiger partial charge in [-0.2, -0.15) is 0 Å². The first-order valence-corrected chi connectivity index (χ1v) is 6.60. The van der Waals surface area contributed by atoms with Gasteiger partial charge in [-0.25, -0.2) is 0 Å². The van der Waals surface area contributed by atoms with E-state index in [1.165, 1.54) is 12.8 Å². The molecule has 0 saturated carbocycles. The molecule has 96 valence electrons. The standard InChI is InChI=1S/C13H28N2O/c1-5-6-12(11-14-13(2,3)4)15-7-9-16-10-8-15/h12,14H,5-11H2,1-4H3. The molecule has 0 bridgehead atoms. The third-order valence-corrected chi connectivity index (χ3v) is 3.05. The Morgan fingerprint density at radius 1 is 1.25 bits per heavy atom. The van der Waals surface area contributed by atoms with Crippen molar-refractivity contribution in [2.45, 2.75) is 52.1 Å². The molecule has 0 aromatic carbocycles. The SMILES string of the molecule is CCCC(CNC(C)(C)C)N1CCOCC1. The Kier molecular flexibility index (Phi) is 5.73. The molecule has 0 aromatic rings. The summed E-state index contributed by atoms with van der Waals surface area (Å²) in [7, 11) is 0. The van der Waals surface area contributed by atoms with Crippen LogP contribution in [0.1, 0.15) is 40.5 Å². The third-order valence-electron chi connectivity index (χ3n) is 3.05. The minimum atomic E-state index is 0.221. The summed E-state index contributed by atoms with van der Waals surface area (Å²) in [5.41, 5.74) is 0.221. The second-order valence-electron chi connectivity index (χ2n) is 5.72. The number of nitrogens with one attached hydrogen (secondary N) is 1. The lowest BCUT2D eigenvalue weighted by molar-refractivity contribution is 0.0136. The maximum absolute atomic E-state index is 5.41. The third kappa shape index (κ3) is 5.28. The molecule has 16 heavy (non-hydrogen) atoms. The molecule has 1 rings (SSSR count). The van der Waals surface area contributed by atoms with Gasteiger partial charge in [0.05, 0.1) is 13.2 Å². The van der Waals surface area contributed by atoms with Crippen molar-refractivity contribution >= 4 is 0 Å². The van der Waals surface area contributed by atoms with E-state index in [9.17, 15) is 0 Å².